The predicted molar refractivity (Wildman–Crippen MR) is 124 cm³/mol. The Balaban J connectivity index is 1.27. The third-order valence-electron chi connectivity index (χ3n) is 6.17. The lowest BCUT2D eigenvalue weighted by molar-refractivity contribution is -0.0255. The van der Waals surface area contributed by atoms with Gasteiger partial charge < -0.3 is 15.3 Å². The van der Waals surface area contributed by atoms with Crippen molar-refractivity contribution >= 4 is 22.8 Å². The topological polar surface area (TPSA) is 105 Å². The van der Waals surface area contributed by atoms with E-state index in [1.165, 1.54) is 70.3 Å². The number of aliphatic hydroxyl groups is 1. The van der Waals surface area contributed by atoms with E-state index in [2.05, 4.69) is 15.4 Å². The highest BCUT2D eigenvalue weighted by Gasteiger charge is 2.35. The lowest BCUT2D eigenvalue weighted by Crippen LogP contribution is -2.50. The SMILES string of the molecule is O=C(Nc1ccc(F)cc1)N1CCC(O)(Cn2cnc3c(cnn3-c3ccc(F)cc3)c2=O)CC1. The van der Waals surface area contributed by atoms with Crippen molar-refractivity contribution in [2.45, 2.75) is 25.0 Å². The van der Waals surface area contributed by atoms with Gasteiger partial charge in [0.05, 0.1) is 24.0 Å². The van der Waals surface area contributed by atoms with E-state index < -0.39 is 11.4 Å². The maximum absolute atomic E-state index is 13.2. The molecule has 9 nitrogen and oxygen atoms in total. The fourth-order valence-electron chi connectivity index (χ4n) is 4.17. The number of rotatable bonds is 4. The molecule has 0 radical (unpaired) electrons. The summed E-state index contributed by atoms with van der Waals surface area (Å²) < 4.78 is 29.1. The van der Waals surface area contributed by atoms with E-state index in [0.29, 0.717) is 17.0 Å². The van der Waals surface area contributed by atoms with Gasteiger partial charge in [-0.15, -0.1) is 0 Å². The molecule has 0 saturated carbocycles. The maximum atomic E-state index is 13.2. The molecule has 1 aliphatic heterocycles. The van der Waals surface area contributed by atoms with E-state index in [0.717, 1.165) is 0 Å². The first-order chi connectivity index (χ1) is 16.8. The van der Waals surface area contributed by atoms with Gasteiger partial charge >= 0.3 is 6.03 Å². The zero-order chi connectivity index (χ0) is 24.6. The Morgan fingerprint density at radius 1 is 1.03 bits per heavy atom. The van der Waals surface area contributed by atoms with E-state index in [4.69, 9.17) is 0 Å². The van der Waals surface area contributed by atoms with Crippen LogP contribution in [0, 0.1) is 11.6 Å². The molecule has 0 atom stereocenters. The van der Waals surface area contributed by atoms with Crippen LogP contribution in [0.4, 0.5) is 19.3 Å². The largest absolute Gasteiger partial charge is 0.388 e. The predicted octanol–water partition coefficient (Wildman–Crippen LogP) is 2.92. The molecule has 5 rings (SSSR count). The summed E-state index contributed by atoms with van der Waals surface area (Å²) in [5, 5.41) is 18.3. The minimum atomic E-state index is -1.20. The summed E-state index contributed by atoms with van der Waals surface area (Å²) in [4.78, 5) is 31.5. The van der Waals surface area contributed by atoms with Gasteiger partial charge in [0.25, 0.3) is 5.56 Å². The van der Waals surface area contributed by atoms with E-state index in [-0.39, 0.29) is 55.3 Å². The van der Waals surface area contributed by atoms with E-state index in [1.807, 2.05) is 0 Å². The number of carbonyl (C=O) groups excluding carboxylic acids is 1. The van der Waals surface area contributed by atoms with Gasteiger partial charge in [-0.1, -0.05) is 0 Å². The van der Waals surface area contributed by atoms with Gasteiger partial charge in [-0.05, 0) is 61.4 Å². The van der Waals surface area contributed by atoms with Crippen LogP contribution in [0.15, 0.2) is 65.8 Å². The number of piperidine rings is 1. The van der Waals surface area contributed by atoms with Crippen molar-refractivity contribution < 1.29 is 18.7 Å². The van der Waals surface area contributed by atoms with Crippen LogP contribution in [0.1, 0.15) is 12.8 Å². The zero-order valence-corrected chi connectivity index (χ0v) is 18.6. The summed E-state index contributed by atoms with van der Waals surface area (Å²) in [7, 11) is 0. The second-order valence-electron chi connectivity index (χ2n) is 8.60. The second-order valence-corrected chi connectivity index (χ2v) is 8.60. The van der Waals surface area contributed by atoms with Gasteiger partial charge in [-0.2, -0.15) is 5.10 Å². The molecule has 2 N–H and O–H groups in total. The molecule has 2 aromatic carbocycles. The number of benzene rings is 2. The minimum Gasteiger partial charge on any atom is -0.388 e. The van der Waals surface area contributed by atoms with E-state index in [1.54, 1.807) is 4.90 Å². The van der Waals surface area contributed by atoms with Crippen LogP contribution < -0.4 is 10.9 Å². The molecule has 1 aliphatic rings. The van der Waals surface area contributed by atoms with Gasteiger partial charge in [0.15, 0.2) is 5.65 Å². The van der Waals surface area contributed by atoms with Crippen LogP contribution in [0.5, 0.6) is 0 Å². The number of hydrogen-bond donors (Lipinski definition) is 2. The summed E-state index contributed by atoms with van der Waals surface area (Å²) in [5.41, 5.74) is -0.176. The summed E-state index contributed by atoms with van der Waals surface area (Å²) in [6.07, 6.45) is 3.29. The Hall–Kier alpha value is -4.12. The van der Waals surface area contributed by atoms with Crippen LogP contribution in [-0.4, -0.2) is 54.1 Å². The number of halogens is 2. The first kappa shape index (κ1) is 22.7. The summed E-state index contributed by atoms with van der Waals surface area (Å²) in [5.74, 6) is -0.774. The van der Waals surface area contributed by atoms with Gasteiger partial charge in [0.2, 0.25) is 0 Å². The summed E-state index contributed by atoms with van der Waals surface area (Å²) in [6.45, 7) is 0.594. The molecule has 35 heavy (non-hydrogen) atoms. The lowest BCUT2D eigenvalue weighted by atomic mass is 9.91. The maximum Gasteiger partial charge on any atom is 0.321 e. The third kappa shape index (κ3) is 4.62. The molecule has 2 aromatic heterocycles. The molecule has 0 aliphatic carbocycles. The number of hydrogen-bond acceptors (Lipinski definition) is 5. The van der Waals surface area contributed by atoms with Crippen molar-refractivity contribution in [2.75, 3.05) is 18.4 Å². The van der Waals surface area contributed by atoms with Crippen molar-refractivity contribution in [3.63, 3.8) is 0 Å². The average Bonchev–Trinajstić information content (AvgIpc) is 3.28. The van der Waals surface area contributed by atoms with Crippen LogP contribution in [-0.2, 0) is 6.54 Å². The second kappa shape index (κ2) is 8.91. The molecule has 180 valence electrons. The van der Waals surface area contributed by atoms with Gasteiger partial charge in [-0.3, -0.25) is 9.36 Å². The number of anilines is 1. The molecule has 1 saturated heterocycles. The normalized spacial score (nSPS) is 15.3. The van der Waals surface area contributed by atoms with Crippen molar-refractivity contribution in [1.82, 2.24) is 24.2 Å². The van der Waals surface area contributed by atoms with Crippen LogP contribution >= 0.6 is 0 Å². The first-order valence-electron chi connectivity index (χ1n) is 11.0. The molecular weight excluding hydrogens is 458 g/mol. The number of nitrogens with zero attached hydrogens (tertiary/aromatic N) is 5. The monoisotopic (exact) mass is 480 g/mol. The van der Waals surface area contributed by atoms with Crippen molar-refractivity contribution in [1.29, 1.82) is 0 Å². The van der Waals surface area contributed by atoms with Crippen molar-refractivity contribution in [3.8, 4) is 5.69 Å². The number of aromatic nitrogens is 4. The molecule has 0 spiro atoms. The van der Waals surface area contributed by atoms with E-state index >= 15 is 0 Å². The highest BCUT2D eigenvalue weighted by molar-refractivity contribution is 5.89. The number of urea groups is 1. The van der Waals surface area contributed by atoms with Gasteiger partial charge in [0.1, 0.15) is 23.3 Å². The molecule has 11 heteroatoms. The summed E-state index contributed by atoms with van der Waals surface area (Å²) in [6, 6.07) is 10.8. The quantitative estimate of drug-likeness (QED) is 0.467. The fraction of sp³-hybridized carbons (Fsp3) is 0.250. The fourth-order valence-corrected chi connectivity index (χ4v) is 4.17. The van der Waals surface area contributed by atoms with Gasteiger partial charge in [-0.25, -0.2) is 23.2 Å². The number of carbonyl (C=O) groups is 1. The summed E-state index contributed by atoms with van der Waals surface area (Å²) >= 11 is 0. The Morgan fingerprint density at radius 2 is 1.66 bits per heavy atom. The highest BCUT2D eigenvalue weighted by Crippen LogP contribution is 2.25. The van der Waals surface area contributed by atoms with Crippen LogP contribution in [0.2, 0.25) is 0 Å². The Kier molecular flexibility index (Phi) is 5.77. The lowest BCUT2D eigenvalue weighted by Gasteiger charge is -2.38. The number of fused-ring (bicyclic) bond motifs is 1. The molecule has 0 bridgehead atoms. The Morgan fingerprint density at radius 3 is 2.31 bits per heavy atom. The van der Waals surface area contributed by atoms with Crippen molar-refractivity contribution in [3.05, 3.63) is 83.0 Å². The number of amides is 2. The first-order valence-corrected chi connectivity index (χ1v) is 11.0. The minimum absolute atomic E-state index is 0.0178. The molecule has 2 amide bonds. The van der Waals surface area contributed by atoms with Crippen LogP contribution in [0.3, 0.4) is 0 Å². The molecule has 4 aromatic rings. The molecule has 0 unspecified atom stereocenters. The van der Waals surface area contributed by atoms with Crippen LogP contribution in [0.25, 0.3) is 16.7 Å². The third-order valence-corrected chi connectivity index (χ3v) is 6.17. The van der Waals surface area contributed by atoms with Gasteiger partial charge in [0, 0.05) is 18.8 Å². The smallest absolute Gasteiger partial charge is 0.321 e. The molecular formula is C24H22F2N6O3. The Labute approximate surface area is 198 Å². The number of likely N-dealkylation sites (tertiary alicyclic amines) is 1. The Bertz CT molecular complexity index is 1420. The standard InChI is InChI=1S/C24H22F2N6O3/c25-16-1-5-18(6-2-16)29-23(34)30-11-9-24(35,10-12-30)14-31-15-27-21-20(22(31)33)13-28-32(21)19-7-3-17(26)4-8-19/h1-8,13,15,35H,9-12,14H2,(H,29,34). The molecule has 3 heterocycles. The number of nitrogens with one attached hydrogen (secondary N) is 1. The average molecular weight is 480 g/mol. The van der Waals surface area contributed by atoms with E-state index in [9.17, 15) is 23.5 Å². The highest BCUT2D eigenvalue weighted by atomic mass is 19.1. The molecule has 1 fully saturated rings. The zero-order valence-electron chi connectivity index (χ0n) is 18.6. The van der Waals surface area contributed by atoms with Crippen molar-refractivity contribution in [2.24, 2.45) is 0 Å².